The molecule has 0 aromatic carbocycles. The zero-order valence-corrected chi connectivity index (χ0v) is 9.86. The molecule has 1 N–H and O–H groups in total. The molecule has 0 saturated heterocycles. The Labute approximate surface area is 95.3 Å². The number of rotatable bonds is 5. The highest BCUT2D eigenvalue weighted by Gasteiger charge is 2.11. The van der Waals surface area contributed by atoms with E-state index in [1.54, 1.807) is 26.1 Å². The first kappa shape index (κ1) is 12.4. The van der Waals surface area contributed by atoms with Gasteiger partial charge in [0, 0.05) is 12.7 Å². The number of hydrogen-bond donors (Lipinski definition) is 1. The van der Waals surface area contributed by atoms with Crippen LogP contribution in [0.3, 0.4) is 0 Å². The maximum Gasteiger partial charge on any atom is 0.357 e. The number of ether oxygens (including phenoxy) is 1. The van der Waals surface area contributed by atoms with E-state index in [9.17, 15) is 4.79 Å². The molecule has 0 bridgehead atoms. The third-order valence-corrected chi connectivity index (χ3v) is 1.74. The Bertz CT molecular complexity index is 353. The van der Waals surface area contributed by atoms with E-state index in [1.807, 2.05) is 6.92 Å². The second kappa shape index (κ2) is 6.05. The first-order chi connectivity index (χ1) is 7.63. The van der Waals surface area contributed by atoms with Crippen molar-refractivity contribution in [1.29, 1.82) is 0 Å². The van der Waals surface area contributed by atoms with Gasteiger partial charge in [-0.1, -0.05) is 6.92 Å². The molecule has 0 atom stereocenters. The minimum atomic E-state index is -0.419. The number of carbonyl (C=O) groups excluding carboxylic acids is 1. The third-order valence-electron chi connectivity index (χ3n) is 1.74. The van der Waals surface area contributed by atoms with Crippen molar-refractivity contribution in [2.45, 2.75) is 33.3 Å². The summed E-state index contributed by atoms with van der Waals surface area (Å²) in [6.07, 6.45) is 2.38. The molecule has 0 unspecified atom stereocenters. The first-order valence-electron chi connectivity index (χ1n) is 5.41. The second-order valence-electron chi connectivity index (χ2n) is 3.65. The van der Waals surface area contributed by atoms with Crippen LogP contribution in [0.15, 0.2) is 12.3 Å². The maximum atomic E-state index is 11.5. The van der Waals surface area contributed by atoms with Crippen molar-refractivity contribution in [1.82, 2.24) is 9.97 Å². The number of aromatic nitrogens is 2. The number of carbonyl (C=O) groups is 1. The first-order valence-corrected chi connectivity index (χ1v) is 5.41. The van der Waals surface area contributed by atoms with Gasteiger partial charge in [-0.15, -0.1) is 0 Å². The molecular weight excluding hydrogens is 206 g/mol. The summed E-state index contributed by atoms with van der Waals surface area (Å²) in [5, 5.41) is 3.01. The van der Waals surface area contributed by atoms with Gasteiger partial charge in [-0.05, 0) is 26.3 Å². The van der Waals surface area contributed by atoms with Crippen molar-refractivity contribution in [3.05, 3.63) is 18.0 Å². The molecule has 1 aromatic heterocycles. The average Bonchev–Trinajstić information content (AvgIpc) is 2.26. The van der Waals surface area contributed by atoms with Crippen LogP contribution in [0.4, 0.5) is 5.95 Å². The summed E-state index contributed by atoms with van der Waals surface area (Å²) in [4.78, 5) is 19.6. The van der Waals surface area contributed by atoms with Crippen LogP contribution in [0.25, 0.3) is 0 Å². The van der Waals surface area contributed by atoms with Crippen LogP contribution in [-0.2, 0) is 4.74 Å². The van der Waals surface area contributed by atoms with Gasteiger partial charge >= 0.3 is 5.97 Å². The van der Waals surface area contributed by atoms with E-state index < -0.39 is 5.97 Å². The van der Waals surface area contributed by atoms with Gasteiger partial charge in [0.1, 0.15) is 0 Å². The molecular formula is C11H17N3O2. The Morgan fingerprint density at radius 2 is 2.31 bits per heavy atom. The monoisotopic (exact) mass is 223 g/mol. The molecule has 0 aliphatic carbocycles. The quantitative estimate of drug-likeness (QED) is 0.772. The highest BCUT2D eigenvalue weighted by molar-refractivity contribution is 5.87. The normalized spacial score (nSPS) is 10.2. The maximum absolute atomic E-state index is 11.5. The Hall–Kier alpha value is -1.65. The molecule has 0 aliphatic heterocycles. The lowest BCUT2D eigenvalue weighted by atomic mass is 10.4. The lowest BCUT2D eigenvalue weighted by Crippen LogP contribution is -2.14. The summed E-state index contributed by atoms with van der Waals surface area (Å²) in [5.41, 5.74) is 0.280. The average molecular weight is 223 g/mol. The van der Waals surface area contributed by atoms with Gasteiger partial charge in [0.25, 0.3) is 0 Å². The van der Waals surface area contributed by atoms with Crippen LogP contribution in [-0.4, -0.2) is 28.6 Å². The summed E-state index contributed by atoms with van der Waals surface area (Å²) in [6, 6.07) is 1.54. The minimum Gasteiger partial charge on any atom is -0.458 e. The Kier molecular flexibility index (Phi) is 4.69. The topological polar surface area (TPSA) is 64.1 Å². The van der Waals surface area contributed by atoms with E-state index in [2.05, 4.69) is 15.3 Å². The third kappa shape index (κ3) is 3.84. The largest absolute Gasteiger partial charge is 0.458 e. The van der Waals surface area contributed by atoms with Gasteiger partial charge in [-0.3, -0.25) is 0 Å². The number of nitrogens with zero attached hydrogens (tertiary/aromatic N) is 2. The standard InChI is InChI=1S/C11H17N3O2/c1-4-6-12-11-13-7-5-9(14-11)10(15)16-8(2)3/h5,7-8H,4,6H2,1-3H3,(H,12,13,14). The summed E-state index contributed by atoms with van der Waals surface area (Å²) in [6.45, 7) is 6.43. The fraction of sp³-hybridized carbons (Fsp3) is 0.545. The molecule has 1 heterocycles. The Morgan fingerprint density at radius 1 is 1.56 bits per heavy atom. The van der Waals surface area contributed by atoms with Crippen LogP contribution in [0.5, 0.6) is 0 Å². The molecule has 0 saturated carbocycles. The van der Waals surface area contributed by atoms with Crippen LogP contribution in [0.1, 0.15) is 37.7 Å². The van der Waals surface area contributed by atoms with Gasteiger partial charge in [0.05, 0.1) is 6.10 Å². The van der Waals surface area contributed by atoms with Gasteiger partial charge in [0.2, 0.25) is 5.95 Å². The number of hydrogen-bond acceptors (Lipinski definition) is 5. The Morgan fingerprint density at radius 3 is 2.94 bits per heavy atom. The SMILES string of the molecule is CCCNc1nccc(C(=O)OC(C)C)n1. The second-order valence-corrected chi connectivity index (χ2v) is 3.65. The Balaban J connectivity index is 2.69. The number of esters is 1. The minimum absolute atomic E-state index is 0.144. The van der Waals surface area contributed by atoms with Crippen molar-refractivity contribution in [2.24, 2.45) is 0 Å². The molecule has 0 spiro atoms. The van der Waals surface area contributed by atoms with Gasteiger partial charge < -0.3 is 10.1 Å². The molecule has 0 aliphatic rings. The van der Waals surface area contributed by atoms with E-state index in [0.717, 1.165) is 13.0 Å². The lowest BCUT2D eigenvalue weighted by molar-refractivity contribution is 0.0371. The zero-order chi connectivity index (χ0) is 12.0. The number of anilines is 1. The van der Waals surface area contributed by atoms with E-state index in [-0.39, 0.29) is 11.8 Å². The molecule has 1 rings (SSSR count). The van der Waals surface area contributed by atoms with Crippen molar-refractivity contribution in [3.8, 4) is 0 Å². The van der Waals surface area contributed by atoms with Crippen molar-refractivity contribution in [2.75, 3.05) is 11.9 Å². The number of nitrogens with one attached hydrogen (secondary N) is 1. The molecule has 5 nitrogen and oxygen atoms in total. The molecule has 88 valence electrons. The highest BCUT2D eigenvalue weighted by Crippen LogP contribution is 2.04. The van der Waals surface area contributed by atoms with E-state index in [4.69, 9.17) is 4.74 Å². The molecule has 0 radical (unpaired) electrons. The summed E-state index contributed by atoms with van der Waals surface area (Å²) in [5.74, 6) is 0.0389. The van der Waals surface area contributed by atoms with Crippen LogP contribution in [0, 0.1) is 0 Å². The van der Waals surface area contributed by atoms with Crippen molar-refractivity contribution >= 4 is 11.9 Å². The van der Waals surface area contributed by atoms with Gasteiger partial charge in [-0.25, -0.2) is 14.8 Å². The summed E-state index contributed by atoms with van der Waals surface area (Å²) < 4.78 is 5.04. The molecule has 16 heavy (non-hydrogen) atoms. The molecule has 1 aromatic rings. The fourth-order valence-electron chi connectivity index (χ4n) is 1.07. The van der Waals surface area contributed by atoms with Gasteiger partial charge in [-0.2, -0.15) is 0 Å². The summed E-state index contributed by atoms with van der Waals surface area (Å²) in [7, 11) is 0. The predicted molar refractivity (Wildman–Crippen MR) is 61.4 cm³/mol. The molecule has 0 amide bonds. The highest BCUT2D eigenvalue weighted by atomic mass is 16.5. The van der Waals surface area contributed by atoms with E-state index >= 15 is 0 Å². The van der Waals surface area contributed by atoms with E-state index in [1.165, 1.54) is 0 Å². The zero-order valence-electron chi connectivity index (χ0n) is 9.86. The van der Waals surface area contributed by atoms with E-state index in [0.29, 0.717) is 5.95 Å². The summed E-state index contributed by atoms with van der Waals surface area (Å²) >= 11 is 0. The van der Waals surface area contributed by atoms with Crippen LogP contribution >= 0.6 is 0 Å². The van der Waals surface area contributed by atoms with Crippen molar-refractivity contribution in [3.63, 3.8) is 0 Å². The molecule has 0 fully saturated rings. The smallest absolute Gasteiger partial charge is 0.357 e. The lowest BCUT2D eigenvalue weighted by Gasteiger charge is -2.08. The molecule has 5 heteroatoms. The fourth-order valence-corrected chi connectivity index (χ4v) is 1.07. The van der Waals surface area contributed by atoms with Crippen molar-refractivity contribution < 1.29 is 9.53 Å². The predicted octanol–water partition coefficient (Wildman–Crippen LogP) is 1.86. The van der Waals surface area contributed by atoms with Crippen LogP contribution in [0.2, 0.25) is 0 Å². The van der Waals surface area contributed by atoms with Crippen LogP contribution < -0.4 is 5.32 Å². The van der Waals surface area contributed by atoms with Gasteiger partial charge in [0.15, 0.2) is 5.69 Å².